The number of hydrogen-bond donors (Lipinski definition) is 2. The molecule has 0 bridgehead atoms. The van der Waals surface area contributed by atoms with Crippen LogP contribution in [-0.4, -0.2) is 52.8 Å². The highest BCUT2D eigenvalue weighted by atomic mass is 32.1. The largest absolute Gasteiger partial charge is 0.467 e. The molecular formula is C24H23F2N7O2S. The van der Waals surface area contributed by atoms with E-state index in [0.29, 0.717) is 17.9 Å². The van der Waals surface area contributed by atoms with Crippen LogP contribution in [-0.2, 0) is 0 Å². The van der Waals surface area contributed by atoms with Crippen molar-refractivity contribution in [3.8, 4) is 17.3 Å². The number of nitrogens with one attached hydrogen (secondary N) is 1. The highest BCUT2D eigenvalue weighted by Gasteiger charge is 2.44. The third-order valence-corrected chi connectivity index (χ3v) is 8.45. The summed E-state index contributed by atoms with van der Waals surface area (Å²) < 4.78 is 38.1. The van der Waals surface area contributed by atoms with Gasteiger partial charge in [-0.05, 0) is 31.4 Å². The van der Waals surface area contributed by atoms with Gasteiger partial charge in [0.2, 0.25) is 0 Å². The molecule has 12 heteroatoms. The Balaban J connectivity index is 1.53. The Morgan fingerprint density at radius 2 is 2.00 bits per heavy atom. The summed E-state index contributed by atoms with van der Waals surface area (Å²) in [4.78, 5) is 29.2. The van der Waals surface area contributed by atoms with Crippen LogP contribution in [0.25, 0.3) is 32.4 Å². The van der Waals surface area contributed by atoms with Gasteiger partial charge in [-0.3, -0.25) is 4.79 Å². The Bertz CT molecular complexity index is 1630. The summed E-state index contributed by atoms with van der Waals surface area (Å²) in [7, 11) is 1.41. The van der Waals surface area contributed by atoms with Crippen LogP contribution in [0.2, 0.25) is 0 Å². The van der Waals surface area contributed by atoms with Crippen LogP contribution in [0.5, 0.6) is 6.01 Å². The standard InChI is InChI=1S/C24H23F2N7O2S/c1-35-23-30-17-14(20(31-23)32-7-6-24(10-32)8-28-9-24)21(34)33(11-2-3-11)18(15(17)26)12-4-5-13(25)19-16(12)29-22(27)36-19/h4-5,11,28H,2-3,6-10H2,1H3,(H2,27,29). The van der Waals surface area contributed by atoms with Crippen molar-refractivity contribution in [2.45, 2.75) is 25.3 Å². The number of fused-ring (bicyclic) bond motifs is 2. The number of rotatable bonds is 4. The Hall–Kier alpha value is -3.38. The highest BCUT2D eigenvalue weighted by molar-refractivity contribution is 7.22. The summed E-state index contributed by atoms with van der Waals surface area (Å²) in [5, 5.41) is 3.63. The van der Waals surface area contributed by atoms with Crippen molar-refractivity contribution in [1.29, 1.82) is 0 Å². The van der Waals surface area contributed by atoms with Crippen LogP contribution in [0.1, 0.15) is 25.3 Å². The lowest BCUT2D eigenvalue weighted by Crippen LogP contribution is -2.54. The number of ether oxygens (including phenoxy) is 1. The molecule has 0 unspecified atom stereocenters. The van der Waals surface area contributed by atoms with Crippen molar-refractivity contribution < 1.29 is 13.5 Å². The van der Waals surface area contributed by atoms with Crippen LogP contribution < -0.4 is 26.2 Å². The quantitative estimate of drug-likeness (QED) is 0.430. The van der Waals surface area contributed by atoms with Gasteiger partial charge in [0, 0.05) is 43.2 Å². The van der Waals surface area contributed by atoms with E-state index in [4.69, 9.17) is 10.5 Å². The fourth-order valence-electron chi connectivity index (χ4n) is 5.54. The molecule has 1 spiro atoms. The molecular weight excluding hydrogens is 488 g/mol. The van der Waals surface area contributed by atoms with E-state index in [1.54, 1.807) is 0 Å². The Labute approximate surface area is 207 Å². The summed E-state index contributed by atoms with van der Waals surface area (Å²) in [5.74, 6) is -0.783. The average Bonchev–Trinajstić information content (AvgIpc) is 3.43. The first-order valence-corrected chi connectivity index (χ1v) is 12.7. The second-order valence-electron chi connectivity index (χ2n) is 9.93. The third kappa shape index (κ3) is 3.07. The molecule has 36 heavy (non-hydrogen) atoms. The van der Waals surface area contributed by atoms with Crippen LogP contribution in [0.3, 0.4) is 0 Å². The zero-order valence-corrected chi connectivity index (χ0v) is 20.3. The lowest BCUT2D eigenvalue weighted by atomic mass is 9.81. The molecule has 2 aliphatic heterocycles. The van der Waals surface area contributed by atoms with Gasteiger partial charge >= 0.3 is 6.01 Å². The zero-order valence-electron chi connectivity index (χ0n) is 19.5. The van der Waals surface area contributed by atoms with E-state index in [2.05, 4.69) is 20.3 Å². The van der Waals surface area contributed by atoms with Crippen molar-refractivity contribution >= 4 is 43.4 Å². The fraction of sp³-hybridized carbons (Fsp3) is 0.417. The minimum atomic E-state index is -0.683. The summed E-state index contributed by atoms with van der Waals surface area (Å²) in [5.41, 5.74) is 6.11. The van der Waals surface area contributed by atoms with Gasteiger partial charge in [0.1, 0.15) is 22.5 Å². The Morgan fingerprint density at radius 1 is 1.19 bits per heavy atom. The van der Waals surface area contributed by atoms with Crippen molar-refractivity contribution in [2.24, 2.45) is 5.41 Å². The van der Waals surface area contributed by atoms with Crippen LogP contribution in [0, 0.1) is 17.0 Å². The summed E-state index contributed by atoms with van der Waals surface area (Å²) >= 11 is 0.988. The molecule has 3 fully saturated rings. The maximum Gasteiger partial charge on any atom is 0.318 e. The van der Waals surface area contributed by atoms with Crippen molar-refractivity contribution in [3.05, 3.63) is 34.1 Å². The predicted molar refractivity (Wildman–Crippen MR) is 134 cm³/mol. The number of hydrogen-bond acceptors (Lipinski definition) is 9. The first-order chi connectivity index (χ1) is 17.4. The Morgan fingerprint density at radius 3 is 2.67 bits per heavy atom. The molecule has 0 amide bonds. The topological polar surface area (TPSA) is 111 Å². The molecule has 1 aromatic carbocycles. The second-order valence-corrected chi connectivity index (χ2v) is 11.0. The molecule has 186 valence electrons. The number of benzene rings is 1. The van der Waals surface area contributed by atoms with E-state index in [0.717, 1.165) is 50.2 Å². The molecule has 1 aliphatic carbocycles. The maximum absolute atomic E-state index is 16.5. The normalized spacial score (nSPS) is 18.9. The molecule has 3 aromatic heterocycles. The number of thiazole rings is 1. The molecule has 3 aliphatic rings. The lowest BCUT2D eigenvalue weighted by molar-refractivity contribution is 0.199. The molecule has 9 nitrogen and oxygen atoms in total. The summed E-state index contributed by atoms with van der Waals surface area (Å²) in [6.45, 7) is 3.25. The first-order valence-electron chi connectivity index (χ1n) is 11.9. The number of halogens is 2. The molecule has 5 heterocycles. The van der Waals surface area contributed by atoms with Crippen LogP contribution in [0.15, 0.2) is 16.9 Å². The number of pyridine rings is 1. The van der Waals surface area contributed by atoms with Crippen LogP contribution in [0.4, 0.5) is 19.7 Å². The van der Waals surface area contributed by atoms with Crippen LogP contribution >= 0.6 is 11.3 Å². The molecule has 1 saturated carbocycles. The van der Waals surface area contributed by atoms with Gasteiger partial charge in [-0.25, -0.2) is 13.8 Å². The minimum Gasteiger partial charge on any atom is -0.467 e. The fourth-order valence-corrected chi connectivity index (χ4v) is 6.30. The number of nitrogens with zero attached hydrogens (tertiary/aromatic N) is 5. The average molecular weight is 512 g/mol. The van der Waals surface area contributed by atoms with Crippen molar-refractivity contribution in [2.75, 3.05) is 43.9 Å². The van der Waals surface area contributed by atoms with Crippen molar-refractivity contribution in [1.82, 2.24) is 24.8 Å². The SMILES string of the molecule is COc1nc(N2CCC3(CNC3)C2)c2c(=O)n(C3CC3)c(-c3ccc(F)c4sc(N)nc34)c(F)c2n1. The van der Waals surface area contributed by atoms with Gasteiger partial charge in [0.25, 0.3) is 5.56 Å². The van der Waals surface area contributed by atoms with E-state index in [-0.39, 0.29) is 55.0 Å². The van der Waals surface area contributed by atoms with Gasteiger partial charge in [0.15, 0.2) is 10.9 Å². The second kappa shape index (κ2) is 7.56. The Kier molecular flexibility index (Phi) is 4.59. The van der Waals surface area contributed by atoms with Gasteiger partial charge in [0.05, 0.1) is 23.0 Å². The maximum atomic E-state index is 16.5. The van der Waals surface area contributed by atoms with E-state index in [1.165, 1.54) is 23.8 Å². The predicted octanol–water partition coefficient (Wildman–Crippen LogP) is 3.07. The number of nitrogen functional groups attached to an aromatic ring is 1. The van der Waals surface area contributed by atoms with E-state index >= 15 is 4.39 Å². The molecule has 2 saturated heterocycles. The van der Waals surface area contributed by atoms with E-state index in [9.17, 15) is 9.18 Å². The number of anilines is 2. The van der Waals surface area contributed by atoms with E-state index < -0.39 is 11.6 Å². The van der Waals surface area contributed by atoms with Crippen molar-refractivity contribution in [3.63, 3.8) is 0 Å². The molecule has 4 aromatic rings. The minimum absolute atomic E-state index is 0.0132. The van der Waals surface area contributed by atoms with E-state index in [1.807, 2.05) is 4.90 Å². The molecule has 0 atom stereocenters. The smallest absolute Gasteiger partial charge is 0.318 e. The van der Waals surface area contributed by atoms with Gasteiger partial charge in [-0.15, -0.1) is 0 Å². The lowest BCUT2D eigenvalue weighted by Gasteiger charge is -2.39. The van der Waals surface area contributed by atoms with Gasteiger partial charge in [-0.2, -0.15) is 9.97 Å². The van der Waals surface area contributed by atoms with Gasteiger partial charge < -0.3 is 25.3 Å². The van der Waals surface area contributed by atoms with Gasteiger partial charge in [-0.1, -0.05) is 11.3 Å². The number of aromatic nitrogens is 4. The highest BCUT2D eigenvalue weighted by Crippen LogP contribution is 2.44. The monoisotopic (exact) mass is 511 g/mol. The number of nitrogens with two attached hydrogens (primary N) is 1. The molecule has 7 rings (SSSR count). The third-order valence-electron chi connectivity index (χ3n) is 7.56. The zero-order chi connectivity index (χ0) is 24.8. The summed E-state index contributed by atoms with van der Waals surface area (Å²) in [6.07, 6.45) is 2.45. The summed E-state index contributed by atoms with van der Waals surface area (Å²) in [6, 6.07) is 2.52. The molecule has 0 radical (unpaired) electrons. The number of methoxy groups -OCH3 is 1. The first kappa shape index (κ1) is 21.9. The molecule has 3 N–H and O–H groups in total.